The van der Waals surface area contributed by atoms with Gasteiger partial charge in [-0.1, -0.05) is 116 Å². The molecule has 1 rings (SSSR count). The van der Waals surface area contributed by atoms with Gasteiger partial charge in [0.1, 0.15) is 0 Å². The topological polar surface area (TPSA) is 0 Å². The van der Waals surface area contributed by atoms with Gasteiger partial charge >= 0.3 is 0 Å². The van der Waals surface area contributed by atoms with Gasteiger partial charge in [-0.15, -0.1) is 0 Å². The van der Waals surface area contributed by atoms with Crippen molar-refractivity contribution in [3.05, 3.63) is 35.4 Å². The van der Waals surface area contributed by atoms with Crippen LogP contribution in [0.25, 0.3) is 0 Å². The fraction of sp³-hybridized carbons (Fsp3) is 0.760. The van der Waals surface area contributed by atoms with Crippen LogP contribution in [-0.4, -0.2) is 0 Å². The Labute approximate surface area is 158 Å². The zero-order chi connectivity index (χ0) is 18.0. The van der Waals surface area contributed by atoms with Crippen molar-refractivity contribution in [3.8, 4) is 0 Å². The van der Waals surface area contributed by atoms with E-state index >= 15 is 0 Å². The second-order valence-electron chi connectivity index (χ2n) is 7.77. The predicted octanol–water partition coefficient (Wildman–Crippen LogP) is 8.46. The Bertz CT molecular complexity index is 393. The molecule has 0 atom stereocenters. The zero-order valence-corrected chi connectivity index (χ0v) is 17.3. The van der Waals surface area contributed by atoms with Gasteiger partial charge in [-0.25, -0.2) is 0 Å². The maximum absolute atomic E-state index is 3.52. The molecule has 0 nitrogen and oxygen atoms in total. The van der Waals surface area contributed by atoms with E-state index in [0.717, 1.165) is 0 Å². The summed E-state index contributed by atoms with van der Waals surface area (Å²) in [6.45, 7) is 4.58. The molecule has 1 aromatic carbocycles. The van der Waals surface area contributed by atoms with Crippen LogP contribution in [0, 0.1) is 6.07 Å². The number of benzene rings is 1. The first-order valence-corrected chi connectivity index (χ1v) is 11.4. The van der Waals surface area contributed by atoms with Crippen molar-refractivity contribution >= 4 is 0 Å². The molecule has 0 N–H and O–H groups in total. The molecule has 0 aliphatic heterocycles. The quantitative estimate of drug-likeness (QED) is 0.249. The van der Waals surface area contributed by atoms with Crippen molar-refractivity contribution in [2.75, 3.05) is 0 Å². The SMILES string of the molecule is CCCCCCCCCCc1[c]cccc1CCCCCCCCC. The van der Waals surface area contributed by atoms with Crippen LogP contribution in [0.4, 0.5) is 0 Å². The van der Waals surface area contributed by atoms with E-state index in [4.69, 9.17) is 0 Å². The first-order valence-electron chi connectivity index (χ1n) is 11.4. The van der Waals surface area contributed by atoms with Gasteiger partial charge < -0.3 is 0 Å². The molecule has 0 amide bonds. The molecule has 0 saturated carbocycles. The minimum Gasteiger partial charge on any atom is -0.0654 e. The van der Waals surface area contributed by atoms with Crippen LogP contribution in [-0.2, 0) is 12.8 Å². The van der Waals surface area contributed by atoms with Crippen LogP contribution in [0.3, 0.4) is 0 Å². The summed E-state index contributed by atoms with van der Waals surface area (Å²) in [6.07, 6.45) is 23.5. The minimum atomic E-state index is 1.24. The minimum absolute atomic E-state index is 1.24. The summed E-state index contributed by atoms with van der Waals surface area (Å²) in [7, 11) is 0. The van der Waals surface area contributed by atoms with Crippen LogP contribution in [0.15, 0.2) is 18.2 Å². The molecule has 0 unspecified atom stereocenters. The highest BCUT2D eigenvalue weighted by atomic mass is 14.1. The van der Waals surface area contributed by atoms with E-state index in [-0.39, 0.29) is 0 Å². The molecule has 0 saturated heterocycles. The third kappa shape index (κ3) is 12.2. The highest BCUT2D eigenvalue weighted by Crippen LogP contribution is 2.17. The molecule has 25 heavy (non-hydrogen) atoms. The summed E-state index contributed by atoms with van der Waals surface area (Å²) in [4.78, 5) is 0. The number of rotatable bonds is 17. The molecular weight excluding hydrogens is 300 g/mol. The summed E-state index contributed by atoms with van der Waals surface area (Å²) < 4.78 is 0. The van der Waals surface area contributed by atoms with Gasteiger partial charge in [-0.2, -0.15) is 0 Å². The Morgan fingerprint density at radius 2 is 1.08 bits per heavy atom. The van der Waals surface area contributed by atoms with Crippen LogP contribution >= 0.6 is 0 Å². The maximum atomic E-state index is 3.52. The Hall–Kier alpha value is -0.780. The Morgan fingerprint density at radius 1 is 0.600 bits per heavy atom. The lowest BCUT2D eigenvalue weighted by molar-refractivity contribution is 0.573. The van der Waals surface area contributed by atoms with Crippen LogP contribution in [0.5, 0.6) is 0 Å². The lowest BCUT2D eigenvalue weighted by atomic mass is 9.96. The summed E-state index contributed by atoms with van der Waals surface area (Å²) in [5.74, 6) is 0. The van der Waals surface area contributed by atoms with Gasteiger partial charge in [0.05, 0.1) is 0 Å². The van der Waals surface area contributed by atoms with Crippen molar-refractivity contribution in [2.45, 2.75) is 123 Å². The number of hydrogen-bond donors (Lipinski definition) is 0. The molecule has 0 fully saturated rings. The Balaban J connectivity index is 2.12. The third-order valence-electron chi connectivity index (χ3n) is 5.37. The largest absolute Gasteiger partial charge is 0.0654 e. The van der Waals surface area contributed by atoms with E-state index in [1.165, 1.54) is 115 Å². The number of hydrogen-bond acceptors (Lipinski definition) is 0. The lowest BCUT2D eigenvalue weighted by Gasteiger charge is -2.09. The molecule has 1 radical (unpaired) electrons. The van der Waals surface area contributed by atoms with Crippen LogP contribution < -0.4 is 0 Å². The molecule has 0 heterocycles. The van der Waals surface area contributed by atoms with E-state index in [1.807, 2.05) is 0 Å². The standard InChI is InChI=1S/C25H43/c1-3-5-7-9-11-13-15-17-21-25-23-19-18-22-24(25)20-16-14-12-10-8-6-4-2/h18-19,22H,3-17,20-21H2,1-2H3. The fourth-order valence-electron chi connectivity index (χ4n) is 3.68. The normalized spacial score (nSPS) is 11.1. The highest BCUT2D eigenvalue weighted by Gasteiger charge is 2.02. The van der Waals surface area contributed by atoms with Gasteiger partial charge in [0, 0.05) is 0 Å². The number of unbranched alkanes of at least 4 members (excludes halogenated alkanes) is 13. The molecule has 0 aliphatic carbocycles. The second-order valence-corrected chi connectivity index (χ2v) is 7.77. The summed E-state index contributed by atoms with van der Waals surface area (Å²) >= 11 is 0. The molecule has 143 valence electrons. The van der Waals surface area contributed by atoms with E-state index < -0.39 is 0 Å². The zero-order valence-electron chi connectivity index (χ0n) is 17.3. The van der Waals surface area contributed by atoms with Gasteiger partial charge in [-0.3, -0.25) is 0 Å². The van der Waals surface area contributed by atoms with Gasteiger partial charge in [0.25, 0.3) is 0 Å². The van der Waals surface area contributed by atoms with E-state index in [1.54, 1.807) is 5.56 Å². The highest BCUT2D eigenvalue weighted by molar-refractivity contribution is 5.26. The second kappa shape index (κ2) is 16.7. The van der Waals surface area contributed by atoms with E-state index in [0.29, 0.717) is 0 Å². The maximum Gasteiger partial charge on any atom is -0.0146 e. The van der Waals surface area contributed by atoms with Gasteiger partial charge in [0.2, 0.25) is 0 Å². The molecule has 0 heteroatoms. The van der Waals surface area contributed by atoms with Crippen molar-refractivity contribution in [1.82, 2.24) is 0 Å². The molecular formula is C25H43. The monoisotopic (exact) mass is 343 g/mol. The molecule has 0 bridgehead atoms. The third-order valence-corrected chi connectivity index (χ3v) is 5.37. The first kappa shape index (κ1) is 22.3. The molecule has 0 aliphatic rings. The van der Waals surface area contributed by atoms with E-state index in [9.17, 15) is 0 Å². The first-order chi connectivity index (χ1) is 12.4. The van der Waals surface area contributed by atoms with Gasteiger partial charge in [-0.05, 0) is 42.9 Å². The van der Waals surface area contributed by atoms with Crippen molar-refractivity contribution in [2.24, 2.45) is 0 Å². The molecule has 1 aromatic rings. The fourth-order valence-corrected chi connectivity index (χ4v) is 3.68. The van der Waals surface area contributed by atoms with E-state index in [2.05, 4.69) is 38.1 Å². The smallest absolute Gasteiger partial charge is 0.0146 e. The summed E-state index contributed by atoms with van der Waals surface area (Å²) in [5.41, 5.74) is 3.07. The average molecular weight is 344 g/mol. The Morgan fingerprint density at radius 3 is 1.64 bits per heavy atom. The average Bonchev–Trinajstić information content (AvgIpc) is 2.64. The molecule has 0 aromatic heterocycles. The van der Waals surface area contributed by atoms with Crippen molar-refractivity contribution < 1.29 is 0 Å². The summed E-state index contributed by atoms with van der Waals surface area (Å²) in [5, 5.41) is 0. The lowest BCUT2D eigenvalue weighted by Crippen LogP contribution is -1.96. The van der Waals surface area contributed by atoms with Crippen LogP contribution in [0.2, 0.25) is 0 Å². The van der Waals surface area contributed by atoms with Crippen LogP contribution in [0.1, 0.15) is 121 Å². The Kier molecular flexibility index (Phi) is 14.8. The number of aryl methyl sites for hydroxylation is 2. The van der Waals surface area contributed by atoms with Crippen molar-refractivity contribution in [1.29, 1.82) is 0 Å². The predicted molar refractivity (Wildman–Crippen MR) is 113 cm³/mol. The summed E-state index contributed by atoms with van der Waals surface area (Å²) in [6, 6.07) is 10.1. The van der Waals surface area contributed by atoms with Gasteiger partial charge in [0.15, 0.2) is 0 Å². The molecule has 0 spiro atoms. The van der Waals surface area contributed by atoms with Crippen molar-refractivity contribution in [3.63, 3.8) is 0 Å².